The number of halogens is 3. The van der Waals surface area contributed by atoms with Gasteiger partial charge in [-0.1, -0.05) is 26.0 Å². The molecule has 1 aliphatic heterocycles. The Morgan fingerprint density at radius 1 is 0.844 bits per heavy atom. The lowest BCUT2D eigenvalue weighted by molar-refractivity contribution is -0.135. The molecule has 1 fully saturated rings. The molecule has 1 aliphatic rings. The molecule has 9 heteroatoms. The summed E-state index contributed by atoms with van der Waals surface area (Å²) >= 11 is 0. The van der Waals surface area contributed by atoms with E-state index >= 15 is 0 Å². The number of nitrogens with zero attached hydrogens (tertiary/aromatic N) is 2. The Morgan fingerprint density at radius 3 is 2.06 bits per heavy atom. The first-order valence-electron chi connectivity index (χ1n) is 10.3. The van der Waals surface area contributed by atoms with Crippen molar-refractivity contribution in [1.29, 1.82) is 0 Å². The van der Waals surface area contributed by atoms with Crippen LogP contribution in [0.4, 0.5) is 13.2 Å². The molecule has 1 N–H and O–H groups in total. The van der Waals surface area contributed by atoms with Gasteiger partial charge in [-0.25, -0.2) is 13.2 Å². The predicted molar refractivity (Wildman–Crippen MR) is 111 cm³/mol. The van der Waals surface area contributed by atoms with Gasteiger partial charge in [0, 0.05) is 31.7 Å². The van der Waals surface area contributed by atoms with E-state index in [1.54, 1.807) is 13.8 Å². The monoisotopic (exact) mass is 447 g/mol. The molecule has 0 saturated carbocycles. The van der Waals surface area contributed by atoms with Gasteiger partial charge >= 0.3 is 0 Å². The molecule has 0 bridgehead atoms. The fourth-order valence-corrected chi connectivity index (χ4v) is 3.52. The number of hydrogen-bond acceptors (Lipinski definition) is 3. The summed E-state index contributed by atoms with van der Waals surface area (Å²) in [6.45, 7) is 4.38. The van der Waals surface area contributed by atoms with Crippen LogP contribution in [0.15, 0.2) is 42.5 Å². The quantitative estimate of drug-likeness (QED) is 0.767. The number of amides is 3. The second kappa shape index (κ2) is 9.84. The first-order valence-corrected chi connectivity index (χ1v) is 10.3. The van der Waals surface area contributed by atoms with Gasteiger partial charge in [-0.05, 0) is 36.2 Å². The van der Waals surface area contributed by atoms with Crippen molar-refractivity contribution < 1.29 is 27.6 Å². The predicted octanol–water partition coefficient (Wildman–Crippen LogP) is 2.84. The summed E-state index contributed by atoms with van der Waals surface area (Å²) in [5, 5.41) is 2.61. The van der Waals surface area contributed by atoms with E-state index in [2.05, 4.69) is 5.32 Å². The molecule has 3 amide bonds. The summed E-state index contributed by atoms with van der Waals surface area (Å²) in [5.41, 5.74) is -0.117. The van der Waals surface area contributed by atoms with Crippen molar-refractivity contribution in [2.75, 3.05) is 26.2 Å². The summed E-state index contributed by atoms with van der Waals surface area (Å²) < 4.78 is 40.5. The van der Waals surface area contributed by atoms with Gasteiger partial charge in [0.2, 0.25) is 5.91 Å². The van der Waals surface area contributed by atoms with E-state index in [9.17, 15) is 27.6 Å². The number of nitrogens with one attached hydrogen (secondary N) is 1. The third-order valence-electron chi connectivity index (χ3n) is 5.38. The third kappa shape index (κ3) is 5.09. The molecule has 3 rings (SSSR count). The maximum absolute atomic E-state index is 13.9. The molecular formula is C23H24F3N3O3. The van der Waals surface area contributed by atoms with Crippen LogP contribution in [0, 0.1) is 23.4 Å². The molecule has 170 valence electrons. The van der Waals surface area contributed by atoms with Gasteiger partial charge in [0.15, 0.2) is 11.6 Å². The molecule has 0 radical (unpaired) electrons. The van der Waals surface area contributed by atoms with Crippen LogP contribution >= 0.6 is 0 Å². The number of rotatable bonds is 5. The molecule has 0 aliphatic carbocycles. The Hall–Kier alpha value is -3.36. The lowest BCUT2D eigenvalue weighted by Gasteiger charge is -2.37. The average Bonchev–Trinajstić information content (AvgIpc) is 2.78. The zero-order valence-corrected chi connectivity index (χ0v) is 17.8. The first-order chi connectivity index (χ1) is 15.2. The molecule has 1 atom stereocenters. The van der Waals surface area contributed by atoms with Crippen LogP contribution in [0.2, 0.25) is 0 Å². The van der Waals surface area contributed by atoms with Gasteiger partial charge in [-0.3, -0.25) is 14.4 Å². The molecule has 0 aromatic heterocycles. The number of carbonyl (C=O) groups excluding carboxylic acids is 3. The zero-order chi connectivity index (χ0) is 23.4. The number of piperazine rings is 1. The Labute approximate surface area is 184 Å². The van der Waals surface area contributed by atoms with Crippen LogP contribution in [0.25, 0.3) is 0 Å². The molecule has 1 unspecified atom stereocenters. The maximum Gasteiger partial charge on any atom is 0.254 e. The lowest BCUT2D eigenvalue weighted by atomic mass is 10.0. The van der Waals surface area contributed by atoms with Crippen molar-refractivity contribution in [3.63, 3.8) is 0 Å². The van der Waals surface area contributed by atoms with E-state index in [0.29, 0.717) is 0 Å². The Balaban J connectivity index is 1.63. The average molecular weight is 447 g/mol. The fraction of sp³-hybridized carbons (Fsp3) is 0.348. The highest BCUT2D eigenvalue weighted by atomic mass is 19.2. The standard InChI is InChI=1S/C23H24F3N3O3/c1-14(2)20(27-21(30)16-5-3-4-6-17(16)24)23(32)29-11-9-28(10-12-29)22(31)15-7-8-18(25)19(26)13-15/h3-8,13-14,20H,9-12H2,1-2H3,(H,27,30). The van der Waals surface area contributed by atoms with Gasteiger partial charge in [0.1, 0.15) is 11.9 Å². The number of hydrogen-bond donors (Lipinski definition) is 1. The van der Waals surface area contributed by atoms with Gasteiger partial charge in [0.25, 0.3) is 11.8 Å². The highest BCUT2D eigenvalue weighted by Crippen LogP contribution is 2.15. The molecular weight excluding hydrogens is 423 g/mol. The lowest BCUT2D eigenvalue weighted by Crippen LogP contribution is -2.57. The van der Waals surface area contributed by atoms with E-state index in [4.69, 9.17) is 0 Å². The van der Waals surface area contributed by atoms with Gasteiger partial charge in [-0.2, -0.15) is 0 Å². The zero-order valence-electron chi connectivity index (χ0n) is 17.8. The Kier molecular flexibility index (Phi) is 7.17. The molecule has 1 saturated heterocycles. The van der Waals surface area contributed by atoms with Gasteiger partial charge in [-0.15, -0.1) is 0 Å². The molecule has 2 aromatic rings. The van der Waals surface area contributed by atoms with Crippen LogP contribution in [0.1, 0.15) is 34.6 Å². The molecule has 1 heterocycles. The summed E-state index contributed by atoms with van der Waals surface area (Å²) in [7, 11) is 0. The highest BCUT2D eigenvalue weighted by Gasteiger charge is 2.32. The summed E-state index contributed by atoms with van der Waals surface area (Å²) in [4.78, 5) is 41.1. The fourth-order valence-electron chi connectivity index (χ4n) is 3.52. The minimum atomic E-state index is -1.10. The van der Waals surface area contributed by atoms with E-state index in [0.717, 1.165) is 12.1 Å². The second-order valence-electron chi connectivity index (χ2n) is 7.92. The van der Waals surface area contributed by atoms with Gasteiger partial charge in [0.05, 0.1) is 5.56 Å². The molecule has 32 heavy (non-hydrogen) atoms. The first kappa shape index (κ1) is 23.3. The summed E-state index contributed by atoms with van der Waals surface area (Å²) in [6, 6.07) is 7.61. The topological polar surface area (TPSA) is 69.7 Å². The van der Waals surface area contributed by atoms with Crippen molar-refractivity contribution >= 4 is 17.7 Å². The van der Waals surface area contributed by atoms with Crippen LogP contribution < -0.4 is 5.32 Å². The maximum atomic E-state index is 13.9. The van der Waals surface area contributed by atoms with Crippen LogP contribution in [0.3, 0.4) is 0 Å². The summed E-state index contributed by atoms with van der Waals surface area (Å²) in [6.07, 6.45) is 0. The third-order valence-corrected chi connectivity index (χ3v) is 5.38. The van der Waals surface area contributed by atoms with Crippen LogP contribution in [-0.4, -0.2) is 59.7 Å². The minimum absolute atomic E-state index is 0.0286. The highest BCUT2D eigenvalue weighted by molar-refractivity contribution is 5.98. The number of carbonyl (C=O) groups is 3. The largest absolute Gasteiger partial charge is 0.340 e. The molecule has 0 spiro atoms. The smallest absolute Gasteiger partial charge is 0.254 e. The van der Waals surface area contributed by atoms with E-state index in [1.165, 1.54) is 40.1 Å². The Morgan fingerprint density at radius 2 is 1.47 bits per heavy atom. The normalized spacial score (nSPS) is 14.9. The molecule has 2 aromatic carbocycles. The summed E-state index contributed by atoms with van der Waals surface area (Å²) in [5.74, 6) is -4.52. The van der Waals surface area contributed by atoms with Crippen molar-refractivity contribution in [2.45, 2.75) is 19.9 Å². The van der Waals surface area contributed by atoms with Crippen molar-refractivity contribution in [3.05, 3.63) is 71.0 Å². The minimum Gasteiger partial charge on any atom is -0.340 e. The second-order valence-corrected chi connectivity index (χ2v) is 7.92. The Bertz CT molecular complexity index is 1020. The van der Waals surface area contributed by atoms with Crippen molar-refractivity contribution in [1.82, 2.24) is 15.1 Å². The van der Waals surface area contributed by atoms with Gasteiger partial charge < -0.3 is 15.1 Å². The van der Waals surface area contributed by atoms with E-state index < -0.39 is 35.3 Å². The van der Waals surface area contributed by atoms with E-state index in [1.807, 2.05) is 0 Å². The molecule has 6 nitrogen and oxygen atoms in total. The van der Waals surface area contributed by atoms with E-state index in [-0.39, 0.29) is 49.1 Å². The SMILES string of the molecule is CC(C)C(NC(=O)c1ccccc1F)C(=O)N1CCN(C(=O)c2ccc(F)c(F)c2)CC1. The van der Waals surface area contributed by atoms with Crippen LogP contribution in [0.5, 0.6) is 0 Å². The van der Waals surface area contributed by atoms with Crippen molar-refractivity contribution in [2.24, 2.45) is 5.92 Å². The van der Waals surface area contributed by atoms with Crippen LogP contribution in [-0.2, 0) is 4.79 Å². The van der Waals surface area contributed by atoms with Crippen molar-refractivity contribution in [3.8, 4) is 0 Å². The number of benzene rings is 2.